The Morgan fingerprint density at radius 3 is 0.818 bits per heavy atom. The molecule has 3 nitrogen and oxygen atoms in total. The second-order valence-corrected chi connectivity index (χ2v) is 1.39. The summed E-state index contributed by atoms with van der Waals surface area (Å²) in [4.78, 5) is 0. The van der Waals surface area contributed by atoms with Gasteiger partial charge in [0.05, 0.1) is 0 Å². The molecule has 0 saturated heterocycles. The molecular weight excluding hydrogens is 180 g/mol. The normalized spacial score (nSPS) is 4.91. The Bertz CT molecular complexity index is 18.4. The van der Waals surface area contributed by atoms with Gasteiger partial charge >= 0.3 is 0 Å². The van der Waals surface area contributed by atoms with Crippen LogP contribution in [0, 0.1) is 12.8 Å². The Hall–Kier alpha value is 0.594. The molecule has 0 aromatic heterocycles. The summed E-state index contributed by atoms with van der Waals surface area (Å²) in [5.41, 5.74) is 0. The van der Waals surface area contributed by atoms with Crippen molar-refractivity contribution in [3.63, 3.8) is 0 Å². The molecule has 0 fully saturated rings. The molecule has 0 heterocycles. The van der Waals surface area contributed by atoms with Gasteiger partial charge in [0.25, 0.3) is 0 Å². The van der Waals surface area contributed by atoms with Crippen LogP contribution >= 0.6 is 0 Å². The van der Waals surface area contributed by atoms with Gasteiger partial charge in [0, 0.05) is 43.0 Å². The van der Waals surface area contributed by atoms with Crippen LogP contribution in [0.1, 0.15) is 13.8 Å². The summed E-state index contributed by atoms with van der Waals surface area (Å²) in [6.45, 7) is 7.75. The van der Waals surface area contributed by atoms with E-state index in [0.717, 1.165) is 21.3 Å². The van der Waals surface area contributed by atoms with E-state index in [4.69, 9.17) is 15.3 Å². The zero-order chi connectivity index (χ0) is 9.58. The van der Waals surface area contributed by atoms with Crippen molar-refractivity contribution in [2.24, 2.45) is 5.92 Å². The zero-order valence-electron chi connectivity index (χ0n) is 8.13. The average Bonchev–Trinajstić information content (AvgIpc) is 1.98. The predicted molar refractivity (Wildman–Crippen MR) is 44.6 cm³/mol. The first kappa shape index (κ1) is 29.9. The molecule has 0 amide bonds. The van der Waals surface area contributed by atoms with E-state index in [1.54, 1.807) is 0 Å². The smallest absolute Gasteiger partial charge is 0.0319 e. The maximum atomic E-state index is 7.00. The fourth-order valence-electron chi connectivity index (χ4n) is 0. The van der Waals surface area contributed by atoms with Crippen molar-refractivity contribution in [2.45, 2.75) is 13.8 Å². The van der Waals surface area contributed by atoms with Crippen LogP contribution < -0.4 is 0 Å². The molecule has 0 atom stereocenters. The van der Waals surface area contributed by atoms with Crippen molar-refractivity contribution in [1.82, 2.24) is 0 Å². The molecule has 72 valence electrons. The van der Waals surface area contributed by atoms with E-state index < -0.39 is 0 Å². The third-order valence-corrected chi connectivity index (χ3v) is 0. The topological polar surface area (TPSA) is 60.7 Å². The van der Waals surface area contributed by atoms with E-state index in [1.807, 2.05) is 0 Å². The Morgan fingerprint density at radius 2 is 0.818 bits per heavy atom. The molecule has 0 aromatic carbocycles. The van der Waals surface area contributed by atoms with Crippen LogP contribution in [0.4, 0.5) is 0 Å². The van der Waals surface area contributed by atoms with Crippen LogP contribution in [-0.2, 0) is 21.7 Å². The first-order valence-corrected chi connectivity index (χ1v) is 2.90. The molecule has 0 saturated carbocycles. The van der Waals surface area contributed by atoms with Gasteiger partial charge in [-0.3, -0.25) is 0 Å². The van der Waals surface area contributed by atoms with Crippen LogP contribution in [0.25, 0.3) is 0 Å². The first-order valence-electron chi connectivity index (χ1n) is 2.90. The van der Waals surface area contributed by atoms with E-state index in [9.17, 15) is 0 Å². The standard InChI is InChI=1S/C4H9.3CH4O.Ti/c1-4(2)3;3*1-2;/h4H,1H2,2-3H3;3*2H,1H3;/q-1;;;;. The van der Waals surface area contributed by atoms with Crippen molar-refractivity contribution < 1.29 is 37.0 Å². The molecule has 0 radical (unpaired) electrons. The van der Waals surface area contributed by atoms with Gasteiger partial charge < -0.3 is 22.2 Å². The number of rotatable bonds is 0. The fraction of sp³-hybridized carbons (Fsp3) is 0.857. The van der Waals surface area contributed by atoms with Gasteiger partial charge in [-0.25, -0.2) is 0 Å². The van der Waals surface area contributed by atoms with Crippen molar-refractivity contribution in [1.29, 1.82) is 0 Å². The summed E-state index contributed by atoms with van der Waals surface area (Å²) in [6, 6.07) is 0. The molecule has 0 aliphatic rings. The third kappa shape index (κ3) is 2220. The second kappa shape index (κ2) is 75.5. The second-order valence-electron chi connectivity index (χ2n) is 1.39. The quantitative estimate of drug-likeness (QED) is 0.390. The molecule has 3 N–H and O–H groups in total. The van der Waals surface area contributed by atoms with Gasteiger partial charge in [0.15, 0.2) is 0 Å². The van der Waals surface area contributed by atoms with Crippen molar-refractivity contribution in [3.8, 4) is 0 Å². The Kier molecular flexibility index (Phi) is 205. The van der Waals surface area contributed by atoms with Crippen LogP contribution in [0.2, 0.25) is 0 Å². The monoisotopic (exact) mass is 201 g/mol. The molecule has 4 heteroatoms. The average molecular weight is 201 g/mol. The Balaban J connectivity index is -0.0000000152. The van der Waals surface area contributed by atoms with Crippen LogP contribution in [0.5, 0.6) is 0 Å². The number of aliphatic hydroxyl groups excluding tert-OH is 3. The molecule has 0 bridgehead atoms. The summed E-state index contributed by atoms with van der Waals surface area (Å²) in [5.74, 6) is 0.583. The molecule has 0 aliphatic heterocycles. The number of hydrogen-bond acceptors (Lipinski definition) is 3. The Labute approximate surface area is 85.3 Å². The Morgan fingerprint density at radius 1 is 0.818 bits per heavy atom. The number of hydrogen-bond donors (Lipinski definition) is 3. The van der Waals surface area contributed by atoms with Gasteiger partial charge in [0.2, 0.25) is 0 Å². The van der Waals surface area contributed by atoms with Gasteiger partial charge in [-0.05, 0) is 0 Å². The van der Waals surface area contributed by atoms with Gasteiger partial charge in [0.1, 0.15) is 0 Å². The SMILES string of the molecule is CO.CO.CO.[CH2-]C(C)C.[Ti]. The predicted octanol–water partition coefficient (Wildman–Crippen LogP) is 0.299. The summed E-state index contributed by atoms with van der Waals surface area (Å²) >= 11 is 0. The molecule has 0 aliphatic carbocycles. The molecule has 0 unspecified atom stereocenters. The molecule has 11 heavy (non-hydrogen) atoms. The van der Waals surface area contributed by atoms with Crippen molar-refractivity contribution in [3.05, 3.63) is 6.92 Å². The van der Waals surface area contributed by atoms with Crippen molar-refractivity contribution >= 4 is 0 Å². The zero-order valence-corrected chi connectivity index (χ0v) is 9.69. The summed E-state index contributed by atoms with van der Waals surface area (Å²) in [7, 11) is 3.00. The van der Waals surface area contributed by atoms with Crippen LogP contribution in [0.3, 0.4) is 0 Å². The summed E-state index contributed by atoms with van der Waals surface area (Å²) in [6.07, 6.45) is 0. The maximum Gasteiger partial charge on any atom is 0.0319 e. The van der Waals surface area contributed by atoms with Gasteiger partial charge in [-0.15, -0.1) is 0 Å². The summed E-state index contributed by atoms with van der Waals surface area (Å²) < 4.78 is 0. The molecule has 0 rings (SSSR count). The van der Waals surface area contributed by atoms with Gasteiger partial charge in [-0.1, -0.05) is 13.8 Å². The molecule has 0 aromatic rings. The third-order valence-electron chi connectivity index (χ3n) is 0. The van der Waals surface area contributed by atoms with Crippen LogP contribution in [0.15, 0.2) is 0 Å². The first-order chi connectivity index (χ1) is 4.73. The van der Waals surface area contributed by atoms with E-state index in [1.165, 1.54) is 0 Å². The van der Waals surface area contributed by atoms with E-state index in [0.29, 0.717) is 5.92 Å². The van der Waals surface area contributed by atoms with E-state index in [-0.39, 0.29) is 21.7 Å². The van der Waals surface area contributed by atoms with Crippen LogP contribution in [-0.4, -0.2) is 36.6 Å². The minimum absolute atomic E-state index is 0. The minimum Gasteiger partial charge on any atom is -0.400 e. The maximum absolute atomic E-state index is 7.00. The summed E-state index contributed by atoms with van der Waals surface area (Å²) in [5, 5.41) is 21.0. The van der Waals surface area contributed by atoms with E-state index in [2.05, 4.69) is 20.8 Å². The largest absolute Gasteiger partial charge is 0.400 e. The minimum atomic E-state index is 0. The molecular formula is C7H21O3Ti-. The van der Waals surface area contributed by atoms with Gasteiger partial charge in [-0.2, -0.15) is 5.92 Å². The fourth-order valence-corrected chi connectivity index (χ4v) is 0. The van der Waals surface area contributed by atoms with Crippen molar-refractivity contribution in [2.75, 3.05) is 21.3 Å². The molecule has 0 spiro atoms. The van der Waals surface area contributed by atoms with E-state index >= 15 is 0 Å². The number of aliphatic hydroxyl groups is 3.